The summed E-state index contributed by atoms with van der Waals surface area (Å²) in [4.78, 5) is 8.04. The van der Waals surface area contributed by atoms with Gasteiger partial charge in [0.2, 0.25) is 0 Å². The molecule has 156 valence electrons. The first-order chi connectivity index (χ1) is 13.7. The molecule has 0 saturated carbocycles. The zero-order valence-corrected chi connectivity index (χ0v) is 16.8. The molecule has 4 rings (SSSR count). The third-order valence-electron chi connectivity index (χ3n) is 6.03. The Kier molecular flexibility index (Phi) is 6.69. The Bertz CT molecular complexity index is 626. The van der Waals surface area contributed by atoms with Crippen molar-refractivity contribution in [2.45, 2.75) is 25.5 Å². The molecule has 3 fully saturated rings. The third-order valence-corrected chi connectivity index (χ3v) is 6.03. The van der Waals surface area contributed by atoms with Gasteiger partial charge in [0.05, 0.1) is 13.7 Å². The molecule has 0 aliphatic carbocycles. The van der Waals surface area contributed by atoms with Gasteiger partial charge in [-0.25, -0.2) is 0 Å². The van der Waals surface area contributed by atoms with Crippen molar-refractivity contribution in [1.82, 2.24) is 15.3 Å². The Hall–Kier alpha value is -1.38. The van der Waals surface area contributed by atoms with Crippen LogP contribution < -0.4 is 14.8 Å². The van der Waals surface area contributed by atoms with Crippen LogP contribution in [0.2, 0.25) is 0 Å². The van der Waals surface area contributed by atoms with Gasteiger partial charge in [-0.2, -0.15) is 5.06 Å². The smallest absolute Gasteiger partial charge is 0.161 e. The molecule has 1 unspecified atom stereocenters. The van der Waals surface area contributed by atoms with Gasteiger partial charge in [0, 0.05) is 32.7 Å². The maximum atomic E-state index is 10.4. The number of aliphatic hydroxyl groups is 1. The lowest BCUT2D eigenvalue weighted by molar-refractivity contribution is -0.187. The number of nitrogens with one attached hydrogen (secondary N) is 1. The fourth-order valence-electron chi connectivity index (χ4n) is 4.54. The van der Waals surface area contributed by atoms with E-state index in [2.05, 4.69) is 10.2 Å². The minimum atomic E-state index is -0.502. The summed E-state index contributed by atoms with van der Waals surface area (Å²) in [6, 6.07) is 5.96. The number of likely N-dealkylation sites (tertiary alicyclic amines) is 1. The number of fused-ring (bicyclic) bond motifs is 1. The zero-order chi connectivity index (χ0) is 19.3. The normalized spacial score (nSPS) is 26.9. The Morgan fingerprint density at radius 2 is 2.04 bits per heavy atom. The second-order valence-corrected chi connectivity index (χ2v) is 8.25. The lowest BCUT2D eigenvalue weighted by Crippen LogP contribution is -2.36. The number of methoxy groups -OCH3 is 1. The number of rotatable bonds is 8. The van der Waals surface area contributed by atoms with Gasteiger partial charge < -0.3 is 19.9 Å². The summed E-state index contributed by atoms with van der Waals surface area (Å²) in [6.07, 6.45) is 1.80. The summed E-state index contributed by atoms with van der Waals surface area (Å²) in [5.41, 5.74) is 1.13. The van der Waals surface area contributed by atoms with Crippen molar-refractivity contribution in [3.05, 3.63) is 23.8 Å². The Balaban J connectivity index is 1.26. The SMILES string of the molecule is COc1cc(CN2CCCCO2)ccc1OCC(O)CN1C[C@H]2CNC[C@H]2C1. The third kappa shape index (κ3) is 4.96. The van der Waals surface area contributed by atoms with Crippen LogP contribution in [0.15, 0.2) is 18.2 Å². The van der Waals surface area contributed by atoms with Gasteiger partial charge in [0.15, 0.2) is 11.5 Å². The molecule has 3 saturated heterocycles. The fraction of sp³-hybridized carbons (Fsp3) is 0.714. The summed E-state index contributed by atoms with van der Waals surface area (Å²) in [5.74, 6) is 2.85. The quantitative estimate of drug-likeness (QED) is 0.688. The average molecular weight is 392 g/mol. The summed E-state index contributed by atoms with van der Waals surface area (Å²) in [5, 5.41) is 15.9. The number of ether oxygens (including phenoxy) is 2. The van der Waals surface area contributed by atoms with E-state index >= 15 is 0 Å². The molecule has 0 radical (unpaired) electrons. The highest BCUT2D eigenvalue weighted by molar-refractivity contribution is 5.43. The lowest BCUT2D eigenvalue weighted by atomic mass is 10.0. The van der Waals surface area contributed by atoms with Crippen molar-refractivity contribution in [3.63, 3.8) is 0 Å². The van der Waals surface area contributed by atoms with Crippen LogP contribution in [0.4, 0.5) is 0 Å². The van der Waals surface area contributed by atoms with Gasteiger partial charge in [-0.3, -0.25) is 9.74 Å². The first-order valence-electron chi connectivity index (χ1n) is 10.5. The van der Waals surface area contributed by atoms with E-state index in [0.29, 0.717) is 18.0 Å². The van der Waals surface area contributed by atoms with Gasteiger partial charge in [-0.15, -0.1) is 0 Å². The number of hydrogen-bond donors (Lipinski definition) is 2. The number of hydroxylamine groups is 2. The molecule has 7 nitrogen and oxygen atoms in total. The van der Waals surface area contributed by atoms with E-state index in [0.717, 1.165) is 69.7 Å². The predicted octanol–water partition coefficient (Wildman–Crippen LogP) is 1.11. The maximum absolute atomic E-state index is 10.4. The summed E-state index contributed by atoms with van der Waals surface area (Å²) in [6.45, 7) is 7.81. The molecule has 28 heavy (non-hydrogen) atoms. The van der Waals surface area contributed by atoms with Crippen molar-refractivity contribution >= 4 is 0 Å². The highest BCUT2D eigenvalue weighted by Gasteiger charge is 2.36. The maximum Gasteiger partial charge on any atom is 0.161 e. The molecule has 3 aliphatic rings. The van der Waals surface area contributed by atoms with Crippen LogP contribution in [-0.4, -0.2) is 80.8 Å². The number of benzene rings is 1. The van der Waals surface area contributed by atoms with Crippen molar-refractivity contribution in [3.8, 4) is 11.5 Å². The molecule has 0 spiro atoms. The van der Waals surface area contributed by atoms with E-state index in [1.807, 2.05) is 23.3 Å². The Morgan fingerprint density at radius 3 is 2.75 bits per heavy atom. The average Bonchev–Trinajstić information content (AvgIpc) is 3.29. The lowest BCUT2D eigenvalue weighted by Gasteiger charge is -2.26. The van der Waals surface area contributed by atoms with E-state index in [1.54, 1.807) is 7.11 Å². The molecule has 2 N–H and O–H groups in total. The predicted molar refractivity (Wildman–Crippen MR) is 106 cm³/mol. The molecule has 3 heterocycles. The first-order valence-corrected chi connectivity index (χ1v) is 10.5. The van der Waals surface area contributed by atoms with E-state index in [-0.39, 0.29) is 6.61 Å². The Labute approximate surface area is 167 Å². The van der Waals surface area contributed by atoms with Gasteiger partial charge in [-0.1, -0.05) is 6.07 Å². The van der Waals surface area contributed by atoms with Gasteiger partial charge in [0.25, 0.3) is 0 Å². The van der Waals surface area contributed by atoms with Crippen LogP contribution in [0.5, 0.6) is 11.5 Å². The van der Waals surface area contributed by atoms with Crippen molar-refractivity contribution in [2.24, 2.45) is 11.8 Å². The standard InChI is InChI=1S/C21H33N3O4/c1-26-21-8-16(11-24-6-2-3-7-28-24)4-5-20(21)27-15-19(25)14-23-12-17-9-22-10-18(17)13-23/h4-5,8,17-19,22,25H,2-3,6-7,9-15H2,1H3/t17-,18+,19?. The van der Waals surface area contributed by atoms with Gasteiger partial charge in [-0.05, 0) is 55.5 Å². The number of hydrogen-bond acceptors (Lipinski definition) is 7. The molecule has 0 bridgehead atoms. The summed E-state index contributed by atoms with van der Waals surface area (Å²) >= 11 is 0. The Morgan fingerprint density at radius 1 is 1.21 bits per heavy atom. The molecule has 3 aliphatic heterocycles. The van der Waals surface area contributed by atoms with Crippen LogP contribution in [0.3, 0.4) is 0 Å². The largest absolute Gasteiger partial charge is 0.493 e. The molecule has 7 heteroatoms. The van der Waals surface area contributed by atoms with Crippen molar-refractivity contribution in [2.75, 3.05) is 59.6 Å². The molecule has 1 aromatic carbocycles. The van der Waals surface area contributed by atoms with E-state index < -0.39 is 6.10 Å². The summed E-state index contributed by atoms with van der Waals surface area (Å²) < 4.78 is 11.4. The van der Waals surface area contributed by atoms with Gasteiger partial charge in [0.1, 0.15) is 12.7 Å². The van der Waals surface area contributed by atoms with Crippen molar-refractivity contribution < 1.29 is 19.4 Å². The molecule has 0 aromatic heterocycles. The topological polar surface area (TPSA) is 66.4 Å². The van der Waals surface area contributed by atoms with Crippen LogP contribution >= 0.6 is 0 Å². The van der Waals surface area contributed by atoms with Gasteiger partial charge >= 0.3 is 0 Å². The second-order valence-electron chi connectivity index (χ2n) is 8.25. The van der Waals surface area contributed by atoms with E-state index in [4.69, 9.17) is 14.3 Å². The molecule has 3 atom stereocenters. The number of nitrogens with zero attached hydrogens (tertiary/aromatic N) is 2. The molecular weight excluding hydrogens is 358 g/mol. The van der Waals surface area contributed by atoms with Crippen LogP contribution in [0, 0.1) is 11.8 Å². The highest BCUT2D eigenvalue weighted by Crippen LogP contribution is 2.30. The molecule has 0 amide bonds. The van der Waals surface area contributed by atoms with E-state index in [9.17, 15) is 5.11 Å². The molecular formula is C21H33N3O4. The highest BCUT2D eigenvalue weighted by atomic mass is 16.7. The monoisotopic (exact) mass is 391 g/mol. The fourth-order valence-corrected chi connectivity index (χ4v) is 4.54. The zero-order valence-electron chi connectivity index (χ0n) is 16.8. The minimum absolute atomic E-state index is 0.273. The van der Waals surface area contributed by atoms with Crippen molar-refractivity contribution in [1.29, 1.82) is 0 Å². The summed E-state index contributed by atoms with van der Waals surface area (Å²) in [7, 11) is 1.65. The van der Waals surface area contributed by atoms with Crippen LogP contribution in [0.25, 0.3) is 0 Å². The second kappa shape index (κ2) is 9.41. The first kappa shape index (κ1) is 19.9. The number of aliphatic hydroxyl groups excluding tert-OH is 1. The van der Waals surface area contributed by atoms with E-state index in [1.165, 1.54) is 6.42 Å². The van der Waals surface area contributed by atoms with Crippen LogP contribution in [0.1, 0.15) is 18.4 Å². The van der Waals surface area contributed by atoms with Crippen LogP contribution in [-0.2, 0) is 11.4 Å². The minimum Gasteiger partial charge on any atom is -0.493 e. The number of β-amino-alcohol motifs (C(OH)–C–C–N with tert-alkyl or cyclic N) is 1. The molecule has 1 aromatic rings.